The van der Waals surface area contributed by atoms with Crippen LogP contribution in [-0.2, 0) is 0 Å². The van der Waals surface area contributed by atoms with Crippen molar-refractivity contribution in [3.8, 4) is 0 Å². The second-order valence-corrected chi connectivity index (χ2v) is 8.70. The second-order valence-electron chi connectivity index (χ2n) is 8.70. The molecule has 166 valence electrons. The van der Waals surface area contributed by atoms with E-state index >= 15 is 0 Å². The molecule has 0 saturated carbocycles. The molecule has 1 unspecified atom stereocenters. The summed E-state index contributed by atoms with van der Waals surface area (Å²) in [5, 5.41) is 8.07. The zero-order chi connectivity index (χ0) is 23.2. The summed E-state index contributed by atoms with van der Waals surface area (Å²) in [5.41, 5.74) is 4.80. The van der Waals surface area contributed by atoms with Gasteiger partial charge in [-0.05, 0) is 34.5 Å². The van der Waals surface area contributed by atoms with Crippen molar-refractivity contribution in [2.24, 2.45) is 9.98 Å². The molecule has 5 aromatic carbocycles. The van der Waals surface area contributed by atoms with Gasteiger partial charge in [0.2, 0.25) is 0 Å². The van der Waals surface area contributed by atoms with Crippen molar-refractivity contribution in [1.82, 2.24) is 5.32 Å². The third kappa shape index (κ3) is 3.39. The minimum atomic E-state index is -0.345. The number of nitrogens with zero attached hydrogens (tertiary/aromatic N) is 2. The van der Waals surface area contributed by atoms with Crippen molar-refractivity contribution >= 4 is 44.4 Å². The van der Waals surface area contributed by atoms with Gasteiger partial charge in [0.05, 0.1) is 0 Å². The summed E-state index contributed by atoms with van der Waals surface area (Å²) in [6.07, 6.45) is -0.345. The van der Waals surface area contributed by atoms with Crippen molar-refractivity contribution in [3.05, 3.63) is 132 Å². The predicted octanol–water partition coefficient (Wildman–Crippen LogP) is 7.23. The molecule has 35 heavy (non-hydrogen) atoms. The van der Waals surface area contributed by atoms with E-state index in [1.54, 1.807) is 0 Å². The minimum Gasteiger partial charge on any atom is -0.456 e. The Hall–Kier alpha value is -4.70. The second kappa shape index (κ2) is 7.96. The third-order valence-electron chi connectivity index (χ3n) is 6.52. The largest absolute Gasteiger partial charge is 0.456 e. The maximum absolute atomic E-state index is 6.14. The third-order valence-corrected chi connectivity index (χ3v) is 6.52. The number of rotatable bonds is 3. The zero-order valence-electron chi connectivity index (χ0n) is 18.8. The van der Waals surface area contributed by atoms with Gasteiger partial charge in [0.25, 0.3) is 0 Å². The molecule has 0 saturated heterocycles. The minimum absolute atomic E-state index is 0.345. The van der Waals surface area contributed by atoms with Crippen LogP contribution in [0.2, 0.25) is 0 Å². The van der Waals surface area contributed by atoms with Gasteiger partial charge in [0.15, 0.2) is 6.17 Å². The molecule has 1 N–H and O–H groups in total. The topological polar surface area (TPSA) is 49.9 Å². The molecule has 1 aromatic heterocycles. The summed E-state index contributed by atoms with van der Waals surface area (Å²) < 4.78 is 6.14. The summed E-state index contributed by atoms with van der Waals surface area (Å²) in [6, 6.07) is 39.3. The molecule has 1 atom stereocenters. The molecule has 6 aromatic rings. The molecule has 1 aliphatic heterocycles. The Morgan fingerprint density at radius 1 is 0.600 bits per heavy atom. The summed E-state index contributed by atoms with van der Waals surface area (Å²) >= 11 is 0. The van der Waals surface area contributed by atoms with E-state index in [2.05, 4.69) is 72.0 Å². The number of furan rings is 1. The smallest absolute Gasteiger partial charge is 0.169 e. The number of para-hydroxylation sites is 1. The molecule has 0 radical (unpaired) electrons. The maximum Gasteiger partial charge on any atom is 0.169 e. The van der Waals surface area contributed by atoms with Gasteiger partial charge in [0.1, 0.15) is 22.8 Å². The lowest BCUT2D eigenvalue weighted by molar-refractivity contribution is 0.669. The van der Waals surface area contributed by atoms with Crippen LogP contribution >= 0.6 is 0 Å². The van der Waals surface area contributed by atoms with Crippen molar-refractivity contribution < 1.29 is 4.42 Å². The zero-order valence-corrected chi connectivity index (χ0v) is 18.8. The molecule has 7 rings (SSSR count). The van der Waals surface area contributed by atoms with E-state index in [1.165, 1.54) is 10.8 Å². The van der Waals surface area contributed by atoms with Crippen molar-refractivity contribution in [3.63, 3.8) is 0 Å². The van der Waals surface area contributed by atoms with Crippen LogP contribution in [-0.4, -0.2) is 11.7 Å². The Kier molecular flexibility index (Phi) is 4.49. The van der Waals surface area contributed by atoms with Crippen LogP contribution < -0.4 is 5.32 Å². The van der Waals surface area contributed by atoms with Gasteiger partial charge < -0.3 is 9.73 Å². The summed E-state index contributed by atoms with van der Waals surface area (Å²) in [7, 11) is 0. The Balaban J connectivity index is 1.41. The van der Waals surface area contributed by atoms with Gasteiger partial charge in [-0.25, -0.2) is 9.98 Å². The molecule has 1 aliphatic rings. The molecule has 2 heterocycles. The molecule has 0 amide bonds. The number of hydrogen-bond acceptors (Lipinski definition) is 4. The van der Waals surface area contributed by atoms with Crippen molar-refractivity contribution in [2.45, 2.75) is 6.17 Å². The Bertz CT molecular complexity index is 1780. The number of amidine groups is 2. The molecular weight excluding hydrogens is 430 g/mol. The first kappa shape index (κ1) is 19.7. The van der Waals surface area contributed by atoms with Gasteiger partial charge in [-0.3, -0.25) is 0 Å². The number of hydrogen-bond donors (Lipinski definition) is 1. The van der Waals surface area contributed by atoms with Crippen LogP contribution in [0.3, 0.4) is 0 Å². The molecule has 4 heteroatoms. The van der Waals surface area contributed by atoms with Gasteiger partial charge in [-0.1, -0.05) is 97.1 Å². The Morgan fingerprint density at radius 3 is 2.26 bits per heavy atom. The van der Waals surface area contributed by atoms with Crippen molar-refractivity contribution in [1.29, 1.82) is 0 Å². The first-order chi connectivity index (χ1) is 17.3. The van der Waals surface area contributed by atoms with E-state index < -0.39 is 0 Å². The highest BCUT2D eigenvalue weighted by atomic mass is 16.3. The van der Waals surface area contributed by atoms with Crippen LogP contribution in [0.4, 0.5) is 0 Å². The molecule has 4 nitrogen and oxygen atoms in total. The van der Waals surface area contributed by atoms with E-state index in [9.17, 15) is 0 Å². The quantitative estimate of drug-likeness (QED) is 0.308. The van der Waals surface area contributed by atoms with E-state index in [0.717, 1.165) is 50.3 Å². The fourth-order valence-corrected chi connectivity index (χ4v) is 4.82. The fourth-order valence-electron chi connectivity index (χ4n) is 4.82. The van der Waals surface area contributed by atoms with Gasteiger partial charge in [0, 0.05) is 21.9 Å². The molecule has 0 spiro atoms. The van der Waals surface area contributed by atoms with Crippen LogP contribution in [0.25, 0.3) is 32.7 Å². The van der Waals surface area contributed by atoms with E-state index in [1.807, 2.05) is 48.5 Å². The number of fused-ring (bicyclic) bond motifs is 4. The maximum atomic E-state index is 6.14. The van der Waals surface area contributed by atoms with E-state index in [4.69, 9.17) is 14.4 Å². The molecule has 0 bridgehead atoms. The molecule has 0 aliphatic carbocycles. The average Bonchev–Trinajstić information content (AvgIpc) is 3.32. The lowest BCUT2D eigenvalue weighted by Gasteiger charge is -2.23. The first-order valence-corrected chi connectivity index (χ1v) is 11.7. The molecule has 0 fully saturated rings. The van der Waals surface area contributed by atoms with Crippen LogP contribution in [0.1, 0.15) is 22.9 Å². The summed E-state index contributed by atoms with van der Waals surface area (Å²) in [6.45, 7) is 0. The van der Waals surface area contributed by atoms with Gasteiger partial charge in [-0.15, -0.1) is 0 Å². The molecular formula is C31H21N3O. The monoisotopic (exact) mass is 451 g/mol. The van der Waals surface area contributed by atoms with Gasteiger partial charge in [-0.2, -0.15) is 0 Å². The number of aliphatic imine (C=N–C) groups is 2. The Labute approximate surface area is 202 Å². The Morgan fingerprint density at radius 2 is 1.34 bits per heavy atom. The highest BCUT2D eigenvalue weighted by Gasteiger charge is 2.23. The number of nitrogens with one attached hydrogen (secondary N) is 1. The predicted molar refractivity (Wildman–Crippen MR) is 143 cm³/mol. The van der Waals surface area contributed by atoms with Crippen LogP contribution in [0.15, 0.2) is 130 Å². The van der Waals surface area contributed by atoms with E-state index in [-0.39, 0.29) is 6.17 Å². The van der Waals surface area contributed by atoms with E-state index in [0.29, 0.717) is 0 Å². The average molecular weight is 452 g/mol. The highest BCUT2D eigenvalue weighted by Crippen LogP contribution is 2.33. The lowest BCUT2D eigenvalue weighted by Crippen LogP contribution is -2.36. The first-order valence-electron chi connectivity index (χ1n) is 11.7. The summed E-state index contributed by atoms with van der Waals surface area (Å²) in [4.78, 5) is 10.1. The fraction of sp³-hybridized carbons (Fsp3) is 0.0323. The SMILES string of the molecule is c1ccc(C2N=C(c3ccc4ccccc4c3)NC(c3cccc4oc5ccccc5c34)=N2)cc1. The standard InChI is InChI=1S/C31H21N3O/c1-2-10-21(11-3-1)29-32-30(23-18-17-20-9-4-5-12-22(20)19-23)34-31(33-29)25-14-8-16-27-28(25)24-13-6-7-15-26(24)35-27/h1-19,29H,(H,32,33,34). The van der Waals surface area contributed by atoms with Crippen LogP contribution in [0.5, 0.6) is 0 Å². The lowest BCUT2D eigenvalue weighted by atomic mass is 10.0. The summed E-state index contributed by atoms with van der Waals surface area (Å²) in [5.74, 6) is 1.59. The normalized spacial score (nSPS) is 15.7. The van der Waals surface area contributed by atoms with Crippen molar-refractivity contribution in [2.75, 3.05) is 0 Å². The number of benzene rings is 5. The van der Waals surface area contributed by atoms with Crippen LogP contribution in [0, 0.1) is 0 Å². The highest BCUT2D eigenvalue weighted by molar-refractivity contribution is 6.23. The van der Waals surface area contributed by atoms with Gasteiger partial charge >= 0.3 is 0 Å².